The number of carboxylic acids is 1. The molecule has 3 rings (SSSR count). The lowest BCUT2D eigenvalue weighted by molar-refractivity contribution is -0.149. The monoisotopic (exact) mass is 448 g/mol. The van der Waals surface area contributed by atoms with E-state index in [0.29, 0.717) is 5.69 Å². The average Bonchev–Trinajstić information content (AvgIpc) is 3.22. The van der Waals surface area contributed by atoms with Gasteiger partial charge in [-0.3, -0.25) is 4.79 Å². The highest BCUT2D eigenvalue weighted by molar-refractivity contribution is 5.84. The van der Waals surface area contributed by atoms with Gasteiger partial charge in [0.2, 0.25) is 11.7 Å². The zero-order valence-corrected chi connectivity index (χ0v) is 17.1. The van der Waals surface area contributed by atoms with Gasteiger partial charge >= 0.3 is 5.97 Å². The Hall–Kier alpha value is -3.32. The van der Waals surface area contributed by atoms with Crippen LogP contribution in [0.4, 0.5) is 0 Å². The van der Waals surface area contributed by atoms with Crippen molar-refractivity contribution in [2.45, 2.75) is 43.9 Å². The molecule has 2 heterocycles. The lowest BCUT2D eigenvalue weighted by atomic mass is 9.94. The first-order valence-corrected chi connectivity index (χ1v) is 9.73. The summed E-state index contributed by atoms with van der Waals surface area (Å²) in [5.41, 5.74) is 2.44. The highest BCUT2D eigenvalue weighted by Gasteiger charge is 2.43. The normalized spacial score (nSPS) is 22.4. The smallest absolute Gasteiger partial charge is 0.370 e. The summed E-state index contributed by atoms with van der Waals surface area (Å²) in [5, 5.41) is 58.9. The SMILES string of the molecule is Cc1ccc(-c2cn(CC(=O)N[C@H]3[C@H]([C@H](O)[C@H](O)CO)OC(C(=O)O)=C[C@@H]3O)nn2)cc1. The van der Waals surface area contributed by atoms with Crippen LogP contribution in [0, 0.1) is 6.92 Å². The summed E-state index contributed by atoms with van der Waals surface area (Å²) >= 11 is 0. The van der Waals surface area contributed by atoms with Crippen molar-refractivity contribution >= 4 is 11.9 Å². The predicted octanol–water partition coefficient (Wildman–Crippen LogP) is -1.82. The molecule has 0 radical (unpaired) electrons. The Morgan fingerprint density at radius 1 is 1.25 bits per heavy atom. The summed E-state index contributed by atoms with van der Waals surface area (Å²) in [5.74, 6) is -2.80. The quantitative estimate of drug-likeness (QED) is 0.268. The molecule has 12 nitrogen and oxygen atoms in total. The van der Waals surface area contributed by atoms with Crippen molar-refractivity contribution in [1.29, 1.82) is 0 Å². The molecule has 0 unspecified atom stereocenters. The van der Waals surface area contributed by atoms with Crippen molar-refractivity contribution in [3.8, 4) is 11.3 Å². The Bertz CT molecular complexity index is 990. The molecule has 1 aliphatic rings. The zero-order valence-electron chi connectivity index (χ0n) is 17.1. The summed E-state index contributed by atoms with van der Waals surface area (Å²) in [6.45, 7) is 0.820. The third-order valence-electron chi connectivity index (χ3n) is 4.95. The van der Waals surface area contributed by atoms with Gasteiger partial charge in [-0.15, -0.1) is 5.10 Å². The van der Waals surface area contributed by atoms with Gasteiger partial charge in [0.05, 0.1) is 18.8 Å². The Balaban J connectivity index is 1.73. The standard InChI is InChI=1S/C20H24N4O8/c1-10-2-4-11(5-3-10)12-7-24(23-22-12)8-16(28)21-17-13(26)6-15(20(30)31)32-19(17)18(29)14(27)9-25/h2-7,13-14,17-19,25-27,29H,8-9H2,1H3,(H,21,28)(H,30,31)/t13-,14+,17+,18+,19+/m0/s1. The second kappa shape index (κ2) is 9.87. The molecule has 12 heteroatoms. The van der Waals surface area contributed by atoms with Crippen LogP contribution < -0.4 is 5.32 Å². The maximum absolute atomic E-state index is 12.5. The average molecular weight is 448 g/mol. The summed E-state index contributed by atoms with van der Waals surface area (Å²) in [6, 6.07) is 6.25. The number of amides is 1. The molecule has 6 N–H and O–H groups in total. The van der Waals surface area contributed by atoms with E-state index in [0.717, 1.165) is 17.2 Å². The number of aliphatic carboxylic acids is 1. The number of aliphatic hydroxyl groups is 4. The molecule has 1 aromatic heterocycles. The van der Waals surface area contributed by atoms with Gasteiger partial charge in [0.25, 0.3) is 0 Å². The zero-order chi connectivity index (χ0) is 23.4. The lowest BCUT2D eigenvalue weighted by Crippen LogP contribution is -2.60. The Kier molecular flexibility index (Phi) is 7.20. The predicted molar refractivity (Wildman–Crippen MR) is 108 cm³/mol. The second-order valence-electron chi connectivity index (χ2n) is 7.41. The van der Waals surface area contributed by atoms with Gasteiger partial charge in [-0.2, -0.15) is 0 Å². The molecule has 0 saturated heterocycles. The van der Waals surface area contributed by atoms with E-state index in [-0.39, 0.29) is 6.54 Å². The van der Waals surface area contributed by atoms with Gasteiger partial charge in [0, 0.05) is 5.56 Å². The van der Waals surface area contributed by atoms with Crippen LogP contribution in [-0.4, -0.2) is 89.5 Å². The molecule has 0 fully saturated rings. The Morgan fingerprint density at radius 3 is 2.56 bits per heavy atom. The fraction of sp³-hybridized carbons (Fsp3) is 0.400. The Labute approximate surface area is 182 Å². The number of rotatable bonds is 8. The first-order valence-electron chi connectivity index (χ1n) is 9.73. The Morgan fingerprint density at radius 2 is 1.94 bits per heavy atom. The maximum atomic E-state index is 12.5. The number of nitrogens with one attached hydrogen (secondary N) is 1. The molecule has 32 heavy (non-hydrogen) atoms. The van der Waals surface area contributed by atoms with Crippen molar-refractivity contribution in [2.24, 2.45) is 0 Å². The minimum absolute atomic E-state index is 0.289. The highest BCUT2D eigenvalue weighted by Crippen LogP contribution is 2.23. The van der Waals surface area contributed by atoms with Crippen molar-refractivity contribution < 1.29 is 39.9 Å². The molecule has 0 saturated carbocycles. The van der Waals surface area contributed by atoms with Crippen LogP contribution in [0.15, 0.2) is 42.3 Å². The van der Waals surface area contributed by atoms with E-state index < -0.39 is 54.7 Å². The number of ether oxygens (including phenoxy) is 1. The number of aromatic nitrogens is 3. The lowest BCUT2D eigenvalue weighted by Gasteiger charge is -2.38. The van der Waals surface area contributed by atoms with E-state index in [9.17, 15) is 24.9 Å². The largest absolute Gasteiger partial charge is 0.478 e. The number of carboxylic acid groups (broad SMARTS) is 1. The second-order valence-corrected chi connectivity index (χ2v) is 7.41. The van der Waals surface area contributed by atoms with Crippen molar-refractivity contribution in [1.82, 2.24) is 20.3 Å². The topological polar surface area (TPSA) is 187 Å². The van der Waals surface area contributed by atoms with Crippen molar-refractivity contribution in [3.05, 3.63) is 47.9 Å². The number of carbonyl (C=O) groups excluding carboxylic acids is 1. The minimum Gasteiger partial charge on any atom is -0.478 e. The van der Waals surface area contributed by atoms with Crippen molar-refractivity contribution in [3.63, 3.8) is 0 Å². The highest BCUT2D eigenvalue weighted by atomic mass is 16.5. The number of aliphatic hydroxyl groups excluding tert-OH is 4. The number of hydrogen-bond donors (Lipinski definition) is 6. The number of hydrogen-bond acceptors (Lipinski definition) is 9. The maximum Gasteiger partial charge on any atom is 0.370 e. The van der Waals surface area contributed by atoms with Crippen LogP contribution >= 0.6 is 0 Å². The molecule has 172 valence electrons. The van der Waals surface area contributed by atoms with E-state index in [1.807, 2.05) is 31.2 Å². The molecule has 1 aromatic carbocycles. The third kappa shape index (κ3) is 5.29. The number of benzene rings is 1. The summed E-state index contributed by atoms with van der Waals surface area (Å²) in [7, 11) is 0. The van der Waals surface area contributed by atoms with E-state index >= 15 is 0 Å². The van der Waals surface area contributed by atoms with Crippen molar-refractivity contribution in [2.75, 3.05) is 6.61 Å². The fourth-order valence-corrected chi connectivity index (χ4v) is 3.22. The molecule has 2 aromatic rings. The number of nitrogens with zero attached hydrogens (tertiary/aromatic N) is 3. The molecule has 5 atom stereocenters. The molecule has 1 amide bonds. The molecule has 0 aliphatic carbocycles. The van der Waals surface area contributed by atoms with Gasteiger partial charge in [-0.1, -0.05) is 35.0 Å². The fourth-order valence-electron chi connectivity index (χ4n) is 3.22. The minimum atomic E-state index is -1.79. The number of aryl methyl sites for hydroxylation is 1. The van der Waals surface area contributed by atoms with Gasteiger partial charge in [0.15, 0.2) is 6.10 Å². The first kappa shape index (κ1) is 23.3. The molecule has 1 aliphatic heterocycles. The van der Waals surface area contributed by atoms with Crippen LogP contribution in [0.2, 0.25) is 0 Å². The molecular formula is C20H24N4O8. The van der Waals surface area contributed by atoms with Crippen LogP contribution in [-0.2, 0) is 20.9 Å². The van der Waals surface area contributed by atoms with Gasteiger partial charge in [-0.05, 0) is 13.0 Å². The third-order valence-corrected chi connectivity index (χ3v) is 4.95. The van der Waals surface area contributed by atoms with Crippen LogP contribution in [0.25, 0.3) is 11.3 Å². The summed E-state index contributed by atoms with van der Waals surface area (Å²) in [6.07, 6.45) is -4.13. The summed E-state index contributed by atoms with van der Waals surface area (Å²) < 4.78 is 6.44. The van der Waals surface area contributed by atoms with Gasteiger partial charge in [-0.25, -0.2) is 9.48 Å². The van der Waals surface area contributed by atoms with E-state index in [4.69, 9.17) is 14.9 Å². The van der Waals surface area contributed by atoms with Gasteiger partial charge in [0.1, 0.15) is 30.6 Å². The molecule has 0 spiro atoms. The van der Waals surface area contributed by atoms with Crippen LogP contribution in [0.3, 0.4) is 0 Å². The van der Waals surface area contributed by atoms with E-state index in [2.05, 4.69) is 15.6 Å². The molecular weight excluding hydrogens is 424 g/mol. The molecule has 0 bridgehead atoms. The van der Waals surface area contributed by atoms with Gasteiger partial charge < -0.3 is 35.6 Å². The van der Waals surface area contributed by atoms with E-state index in [1.165, 1.54) is 4.68 Å². The number of carbonyl (C=O) groups is 2. The summed E-state index contributed by atoms with van der Waals surface area (Å²) in [4.78, 5) is 23.8. The first-order chi connectivity index (χ1) is 15.2. The van der Waals surface area contributed by atoms with Crippen LogP contribution in [0.5, 0.6) is 0 Å². The van der Waals surface area contributed by atoms with E-state index in [1.54, 1.807) is 6.20 Å². The van der Waals surface area contributed by atoms with Crippen LogP contribution in [0.1, 0.15) is 5.56 Å².